The molecule has 10 nitrogen and oxygen atoms in total. The van der Waals surface area contributed by atoms with E-state index in [4.69, 9.17) is 10.5 Å². The van der Waals surface area contributed by atoms with Gasteiger partial charge in [0, 0.05) is 35.1 Å². The van der Waals surface area contributed by atoms with E-state index in [1.807, 2.05) is 60.7 Å². The molecular weight excluding hydrogens is 694 g/mol. The van der Waals surface area contributed by atoms with E-state index in [1.54, 1.807) is 12.1 Å². The molecule has 0 saturated heterocycles. The SMILES string of the molecule is COC(=O)N[C@H](C(=O)NCc1ccc([C@@H](CO)N(CC2CC(F)(F)C2)S(=O)(=O)c2ccc(N)c(F)c2)s1)C(c1ccccc1)c1ccccc1. The lowest BCUT2D eigenvalue weighted by Crippen LogP contribution is -2.50. The van der Waals surface area contributed by atoms with Gasteiger partial charge in [0.25, 0.3) is 0 Å². The molecule has 1 aliphatic carbocycles. The van der Waals surface area contributed by atoms with Crippen LogP contribution in [-0.4, -0.2) is 62.1 Å². The fraction of sp³-hybridized carbons (Fsp3) is 0.314. The van der Waals surface area contributed by atoms with E-state index >= 15 is 0 Å². The van der Waals surface area contributed by atoms with E-state index in [0.717, 1.165) is 45.0 Å². The molecule has 15 heteroatoms. The van der Waals surface area contributed by atoms with Crippen LogP contribution in [0.3, 0.4) is 0 Å². The lowest BCUT2D eigenvalue weighted by Gasteiger charge is -2.39. The number of rotatable bonds is 14. The second-order valence-electron chi connectivity index (χ2n) is 12.0. The van der Waals surface area contributed by atoms with E-state index in [0.29, 0.717) is 9.75 Å². The van der Waals surface area contributed by atoms with Crippen molar-refractivity contribution in [1.82, 2.24) is 14.9 Å². The van der Waals surface area contributed by atoms with E-state index in [2.05, 4.69) is 10.6 Å². The molecule has 0 bridgehead atoms. The number of methoxy groups -OCH3 is 1. The molecule has 1 fully saturated rings. The summed E-state index contributed by atoms with van der Waals surface area (Å²) in [6.07, 6.45) is -1.86. The molecule has 1 saturated carbocycles. The van der Waals surface area contributed by atoms with Crippen molar-refractivity contribution in [2.75, 3.05) is 26.0 Å². The number of carbonyl (C=O) groups excluding carboxylic acids is 2. The molecule has 2 amide bonds. The number of benzene rings is 3. The van der Waals surface area contributed by atoms with Crippen molar-refractivity contribution < 1.29 is 41.0 Å². The molecule has 4 aromatic rings. The number of alkyl carbamates (subject to hydrolysis) is 1. The third-order valence-electron chi connectivity index (χ3n) is 8.55. The van der Waals surface area contributed by atoms with Crippen molar-refractivity contribution in [2.45, 2.75) is 48.2 Å². The lowest BCUT2D eigenvalue weighted by atomic mass is 9.81. The first kappa shape index (κ1) is 36.8. The van der Waals surface area contributed by atoms with Crippen LogP contribution in [-0.2, 0) is 26.1 Å². The summed E-state index contributed by atoms with van der Waals surface area (Å²) in [5.74, 6) is -5.69. The highest BCUT2D eigenvalue weighted by molar-refractivity contribution is 7.89. The van der Waals surface area contributed by atoms with Crippen LogP contribution >= 0.6 is 11.3 Å². The number of aliphatic hydroxyl groups excluding tert-OH is 1. The topological polar surface area (TPSA) is 151 Å². The number of alkyl halides is 2. The highest BCUT2D eigenvalue weighted by atomic mass is 32.2. The number of halogens is 3. The van der Waals surface area contributed by atoms with Crippen LogP contribution in [0.25, 0.3) is 0 Å². The molecule has 2 atom stereocenters. The molecule has 5 N–H and O–H groups in total. The molecular formula is C35H37F3N4O6S2. The molecule has 0 radical (unpaired) electrons. The number of hydrogen-bond acceptors (Lipinski definition) is 8. The van der Waals surface area contributed by atoms with Crippen molar-refractivity contribution in [1.29, 1.82) is 0 Å². The first-order chi connectivity index (χ1) is 23.8. The summed E-state index contributed by atoms with van der Waals surface area (Å²) < 4.78 is 75.3. The minimum Gasteiger partial charge on any atom is -0.453 e. The quantitative estimate of drug-likeness (QED) is 0.127. The van der Waals surface area contributed by atoms with Gasteiger partial charge in [-0.05, 0) is 47.4 Å². The average Bonchev–Trinajstić information content (AvgIpc) is 3.56. The molecule has 0 aliphatic heterocycles. The average molecular weight is 731 g/mol. The zero-order valence-electron chi connectivity index (χ0n) is 27.0. The van der Waals surface area contributed by atoms with Crippen molar-refractivity contribution in [3.63, 3.8) is 0 Å². The predicted octanol–water partition coefficient (Wildman–Crippen LogP) is 5.41. The number of ether oxygens (including phenoxy) is 1. The van der Waals surface area contributed by atoms with Crippen molar-refractivity contribution in [3.8, 4) is 0 Å². The first-order valence-electron chi connectivity index (χ1n) is 15.7. The smallest absolute Gasteiger partial charge is 0.407 e. The van der Waals surface area contributed by atoms with Crippen LogP contribution in [0.4, 0.5) is 23.7 Å². The van der Waals surface area contributed by atoms with Gasteiger partial charge in [0.15, 0.2) is 0 Å². The third kappa shape index (κ3) is 8.46. The number of thiophene rings is 1. The maximum absolute atomic E-state index is 14.3. The lowest BCUT2D eigenvalue weighted by molar-refractivity contribution is -0.123. The summed E-state index contributed by atoms with van der Waals surface area (Å²) in [6, 6.07) is 22.3. The van der Waals surface area contributed by atoms with E-state index < -0.39 is 82.0 Å². The zero-order chi connectivity index (χ0) is 36.1. The Morgan fingerprint density at radius 3 is 2.18 bits per heavy atom. The van der Waals surface area contributed by atoms with Crippen LogP contribution in [0.5, 0.6) is 0 Å². The van der Waals surface area contributed by atoms with E-state index in [-0.39, 0.29) is 18.8 Å². The minimum absolute atomic E-state index is 0.0257. The Bertz CT molecular complexity index is 1850. The van der Waals surface area contributed by atoms with Gasteiger partial charge in [-0.3, -0.25) is 4.79 Å². The minimum atomic E-state index is -4.49. The molecule has 266 valence electrons. The molecule has 50 heavy (non-hydrogen) atoms. The number of nitrogens with two attached hydrogens (primary N) is 1. The van der Waals surface area contributed by atoms with Gasteiger partial charge in [-0.15, -0.1) is 11.3 Å². The van der Waals surface area contributed by atoms with Crippen LogP contribution in [0.2, 0.25) is 0 Å². The van der Waals surface area contributed by atoms with Crippen molar-refractivity contribution >= 4 is 39.0 Å². The van der Waals surface area contributed by atoms with Gasteiger partial charge in [-0.25, -0.2) is 26.4 Å². The molecule has 0 unspecified atom stereocenters. The Balaban J connectivity index is 1.39. The summed E-state index contributed by atoms with van der Waals surface area (Å²) in [4.78, 5) is 26.8. The Hall–Kier alpha value is -4.44. The van der Waals surface area contributed by atoms with Crippen molar-refractivity contribution in [2.24, 2.45) is 5.92 Å². The number of nitrogens with zero attached hydrogens (tertiary/aromatic N) is 1. The largest absolute Gasteiger partial charge is 0.453 e. The first-order valence-corrected chi connectivity index (χ1v) is 17.9. The summed E-state index contributed by atoms with van der Waals surface area (Å²) in [5.41, 5.74) is 6.82. The summed E-state index contributed by atoms with van der Waals surface area (Å²) in [6.45, 7) is -1.06. The highest BCUT2D eigenvalue weighted by Crippen LogP contribution is 2.45. The predicted molar refractivity (Wildman–Crippen MR) is 182 cm³/mol. The molecule has 0 spiro atoms. The number of hydrogen-bond donors (Lipinski definition) is 4. The number of nitrogen functional groups attached to an aromatic ring is 1. The second-order valence-corrected chi connectivity index (χ2v) is 15.1. The summed E-state index contributed by atoms with van der Waals surface area (Å²) in [5, 5.41) is 16.0. The van der Waals surface area contributed by atoms with Crippen LogP contribution in [0.15, 0.2) is 95.9 Å². The van der Waals surface area contributed by atoms with Crippen LogP contribution in [0.1, 0.15) is 45.7 Å². The summed E-state index contributed by atoms with van der Waals surface area (Å²) >= 11 is 1.10. The van der Waals surface area contributed by atoms with Crippen molar-refractivity contribution in [3.05, 3.63) is 118 Å². The Morgan fingerprint density at radius 2 is 1.64 bits per heavy atom. The number of amides is 2. The number of nitrogens with one attached hydrogen (secondary N) is 2. The van der Waals surface area contributed by atoms with Gasteiger partial charge in [0.05, 0.1) is 36.9 Å². The van der Waals surface area contributed by atoms with E-state index in [1.165, 1.54) is 7.11 Å². The van der Waals surface area contributed by atoms with Crippen LogP contribution < -0.4 is 16.4 Å². The Labute approximate surface area is 292 Å². The van der Waals surface area contributed by atoms with E-state index in [9.17, 15) is 36.3 Å². The van der Waals surface area contributed by atoms with Gasteiger partial charge in [-0.1, -0.05) is 60.7 Å². The fourth-order valence-electron chi connectivity index (χ4n) is 6.03. The molecule has 1 aromatic heterocycles. The Morgan fingerprint density at radius 1 is 1.02 bits per heavy atom. The molecule has 1 aliphatic rings. The normalized spacial score (nSPS) is 15.7. The second kappa shape index (κ2) is 15.6. The zero-order valence-corrected chi connectivity index (χ0v) is 28.6. The van der Waals surface area contributed by atoms with Gasteiger partial charge >= 0.3 is 6.09 Å². The van der Waals surface area contributed by atoms with Gasteiger partial charge < -0.3 is 26.2 Å². The highest BCUT2D eigenvalue weighted by Gasteiger charge is 2.48. The monoisotopic (exact) mass is 730 g/mol. The maximum Gasteiger partial charge on any atom is 0.407 e. The Kier molecular flexibility index (Phi) is 11.5. The van der Waals surface area contributed by atoms with Gasteiger partial charge in [-0.2, -0.15) is 4.31 Å². The number of aliphatic hydroxyl groups is 1. The number of sulfonamides is 1. The molecule has 5 rings (SSSR count). The summed E-state index contributed by atoms with van der Waals surface area (Å²) in [7, 11) is -3.30. The molecule has 3 aromatic carbocycles. The van der Waals surface area contributed by atoms with Gasteiger partial charge in [0.2, 0.25) is 21.9 Å². The van der Waals surface area contributed by atoms with Crippen LogP contribution in [0, 0.1) is 11.7 Å². The number of carbonyl (C=O) groups is 2. The standard InChI is InChI=1S/C35H37F3N4O6S2/c1-48-34(45)41-32(31(23-8-4-2-5-9-23)24-10-6-3-7-11-24)33(44)40-19-25-12-15-30(49-25)29(21-43)42(20-22-17-35(37,38)18-22)50(46,47)26-13-14-28(39)27(36)16-26/h2-16,22,29,31-32,43H,17-21,39H2,1H3,(H,40,44)(H,41,45)/t29-,32+/m1/s1. The van der Waals surface area contributed by atoms with Gasteiger partial charge in [0.1, 0.15) is 11.9 Å². The maximum atomic E-state index is 14.3. The molecule has 1 heterocycles. The third-order valence-corrected chi connectivity index (χ3v) is 11.6. The number of anilines is 1. The fourth-order valence-corrected chi connectivity index (χ4v) is 8.83.